The van der Waals surface area contributed by atoms with Crippen LogP contribution in [-0.2, 0) is 11.8 Å². The predicted octanol–water partition coefficient (Wildman–Crippen LogP) is 0.974. The van der Waals surface area contributed by atoms with E-state index in [2.05, 4.69) is 15.4 Å². The summed E-state index contributed by atoms with van der Waals surface area (Å²) in [4.78, 5) is 11.3. The van der Waals surface area contributed by atoms with E-state index < -0.39 is 5.97 Å². The Labute approximate surface area is 116 Å². The molecule has 0 aliphatic rings. The van der Waals surface area contributed by atoms with Gasteiger partial charge >= 0.3 is 5.97 Å². The highest BCUT2D eigenvalue weighted by atomic mass is 16.5. The predicted molar refractivity (Wildman–Crippen MR) is 70.4 cm³/mol. The molecule has 2 heterocycles. The molecule has 8 nitrogen and oxygen atoms in total. The van der Waals surface area contributed by atoms with Crippen molar-refractivity contribution in [2.75, 3.05) is 13.7 Å². The van der Waals surface area contributed by atoms with E-state index in [1.165, 1.54) is 0 Å². The van der Waals surface area contributed by atoms with E-state index in [0.717, 1.165) is 0 Å². The molecule has 0 saturated heterocycles. The largest absolute Gasteiger partial charge is 0.476 e. The third-order valence-corrected chi connectivity index (χ3v) is 3.03. The third kappa shape index (κ3) is 2.69. The molecule has 0 amide bonds. The van der Waals surface area contributed by atoms with Gasteiger partial charge in [-0.25, -0.2) is 9.48 Å². The van der Waals surface area contributed by atoms with Crippen molar-refractivity contribution in [3.05, 3.63) is 18.1 Å². The van der Waals surface area contributed by atoms with Crippen LogP contribution in [-0.4, -0.2) is 49.6 Å². The molecule has 0 aromatic carbocycles. The van der Waals surface area contributed by atoms with E-state index in [9.17, 15) is 9.90 Å². The third-order valence-electron chi connectivity index (χ3n) is 3.03. The molecule has 0 saturated carbocycles. The highest BCUT2D eigenvalue weighted by Crippen LogP contribution is 2.25. The van der Waals surface area contributed by atoms with Gasteiger partial charge in [-0.3, -0.25) is 4.68 Å². The van der Waals surface area contributed by atoms with Gasteiger partial charge in [0, 0.05) is 32.5 Å². The first-order valence-electron chi connectivity index (χ1n) is 6.21. The second-order valence-corrected chi connectivity index (χ2v) is 4.57. The average molecular weight is 279 g/mol. The van der Waals surface area contributed by atoms with E-state index in [1.807, 2.05) is 6.92 Å². The summed E-state index contributed by atoms with van der Waals surface area (Å²) in [5.41, 5.74) is 1.08. The first-order valence-corrected chi connectivity index (χ1v) is 6.21. The van der Waals surface area contributed by atoms with Crippen LogP contribution in [0.2, 0.25) is 0 Å². The fourth-order valence-electron chi connectivity index (χ4n) is 1.97. The number of carboxylic acids is 1. The van der Waals surface area contributed by atoms with Crippen LogP contribution in [0, 0.1) is 0 Å². The molecule has 108 valence electrons. The molecule has 0 spiro atoms. The number of aromatic nitrogens is 5. The van der Waals surface area contributed by atoms with Gasteiger partial charge in [0.25, 0.3) is 0 Å². The van der Waals surface area contributed by atoms with Crippen molar-refractivity contribution < 1.29 is 14.6 Å². The molecule has 2 aromatic rings. The molecule has 8 heteroatoms. The highest BCUT2D eigenvalue weighted by Gasteiger charge is 2.24. The fourth-order valence-corrected chi connectivity index (χ4v) is 1.97. The molecule has 0 aliphatic carbocycles. The van der Waals surface area contributed by atoms with Crippen molar-refractivity contribution in [2.45, 2.75) is 19.4 Å². The number of ether oxygens (including phenoxy) is 1. The van der Waals surface area contributed by atoms with E-state index in [4.69, 9.17) is 4.74 Å². The van der Waals surface area contributed by atoms with Crippen LogP contribution in [0.5, 0.6) is 0 Å². The second kappa shape index (κ2) is 5.83. The SMILES string of the molecule is COCCC(C)n1nnc(C(=O)O)c1-c1cnn(C)c1. The van der Waals surface area contributed by atoms with Crippen LogP contribution in [0.1, 0.15) is 29.9 Å². The molecule has 1 atom stereocenters. The zero-order valence-electron chi connectivity index (χ0n) is 11.6. The molecule has 2 aromatic heterocycles. The average Bonchev–Trinajstić information content (AvgIpc) is 3.01. The van der Waals surface area contributed by atoms with Gasteiger partial charge in [-0.15, -0.1) is 5.10 Å². The lowest BCUT2D eigenvalue weighted by molar-refractivity contribution is 0.0691. The van der Waals surface area contributed by atoms with Gasteiger partial charge in [0.05, 0.1) is 12.2 Å². The van der Waals surface area contributed by atoms with Gasteiger partial charge in [0.15, 0.2) is 5.69 Å². The topological polar surface area (TPSA) is 95.1 Å². The van der Waals surface area contributed by atoms with Crippen LogP contribution in [0.3, 0.4) is 0 Å². The minimum Gasteiger partial charge on any atom is -0.476 e. The van der Waals surface area contributed by atoms with Crippen LogP contribution in [0.15, 0.2) is 12.4 Å². The molecule has 0 bridgehead atoms. The lowest BCUT2D eigenvalue weighted by Crippen LogP contribution is -2.11. The van der Waals surface area contributed by atoms with Crippen molar-refractivity contribution in [3.63, 3.8) is 0 Å². The lowest BCUT2D eigenvalue weighted by atomic mass is 10.1. The zero-order valence-corrected chi connectivity index (χ0v) is 11.6. The number of hydrogen-bond acceptors (Lipinski definition) is 5. The Hall–Kier alpha value is -2.22. The molecule has 0 fully saturated rings. The van der Waals surface area contributed by atoms with E-state index in [0.29, 0.717) is 24.3 Å². The molecule has 0 aliphatic heterocycles. The summed E-state index contributed by atoms with van der Waals surface area (Å²) in [6.07, 6.45) is 4.06. The summed E-state index contributed by atoms with van der Waals surface area (Å²) >= 11 is 0. The molecule has 20 heavy (non-hydrogen) atoms. The Morgan fingerprint density at radius 2 is 2.30 bits per heavy atom. The summed E-state index contributed by atoms with van der Waals surface area (Å²) in [5, 5.41) is 21.0. The van der Waals surface area contributed by atoms with Gasteiger partial charge in [-0.1, -0.05) is 5.21 Å². The van der Waals surface area contributed by atoms with Crippen molar-refractivity contribution in [1.82, 2.24) is 24.8 Å². The molecule has 1 N–H and O–H groups in total. The summed E-state index contributed by atoms with van der Waals surface area (Å²) < 4.78 is 8.26. The van der Waals surface area contributed by atoms with Crippen LogP contribution < -0.4 is 0 Å². The van der Waals surface area contributed by atoms with Crippen molar-refractivity contribution in [2.24, 2.45) is 7.05 Å². The van der Waals surface area contributed by atoms with Crippen molar-refractivity contribution in [3.8, 4) is 11.3 Å². The van der Waals surface area contributed by atoms with Gasteiger partial charge in [-0.2, -0.15) is 5.10 Å². The summed E-state index contributed by atoms with van der Waals surface area (Å²) in [7, 11) is 3.39. The maximum Gasteiger partial charge on any atom is 0.358 e. The van der Waals surface area contributed by atoms with Gasteiger partial charge in [-0.05, 0) is 13.3 Å². The number of carboxylic acid groups (broad SMARTS) is 1. The van der Waals surface area contributed by atoms with E-state index in [-0.39, 0.29) is 11.7 Å². The van der Waals surface area contributed by atoms with Gasteiger partial charge < -0.3 is 9.84 Å². The normalized spacial score (nSPS) is 12.6. The molecular weight excluding hydrogens is 262 g/mol. The number of carbonyl (C=O) groups is 1. The standard InChI is InChI=1S/C12H17N5O3/c1-8(4-5-20-3)17-11(9-6-13-16(2)7-9)10(12(18)19)14-15-17/h6-8H,4-5H2,1-3H3,(H,18,19). The summed E-state index contributed by atoms with van der Waals surface area (Å²) in [6.45, 7) is 2.51. The highest BCUT2D eigenvalue weighted by molar-refractivity contribution is 5.92. The Balaban J connectivity index is 2.45. The first kappa shape index (κ1) is 14.2. The number of rotatable bonds is 6. The Morgan fingerprint density at radius 1 is 1.55 bits per heavy atom. The molecule has 1 unspecified atom stereocenters. The fraction of sp³-hybridized carbons (Fsp3) is 0.500. The van der Waals surface area contributed by atoms with Crippen LogP contribution >= 0.6 is 0 Å². The summed E-state index contributed by atoms with van der Waals surface area (Å²) in [6, 6.07) is -0.0224. The maximum absolute atomic E-state index is 11.3. The minimum absolute atomic E-state index is 0.0224. The monoisotopic (exact) mass is 279 g/mol. The number of methoxy groups -OCH3 is 1. The number of nitrogens with zero attached hydrogens (tertiary/aromatic N) is 5. The molecule has 0 radical (unpaired) electrons. The Bertz CT molecular complexity index is 604. The minimum atomic E-state index is -1.10. The summed E-state index contributed by atoms with van der Waals surface area (Å²) in [5.74, 6) is -1.10. The first-order chi connectivity index (χ1) is 9.54. The maximum atomic E-state index is 11.3. The molecular formula is C12H17N5O3. The van der Waals surface area contributed by atoms with Crippen molar-refractivity contribution in [1.29, 1.82) is 0 Å². The van der Waals surface area contributed by atoms with Crippen molar-refractivity contribution >= 4 is 5.97 Å². The van der Waals surface area contributed by atoms with E-state index >= 15 is 0 Å². The van der Waals surface area contributed by atoms with Gasteiger partial charge in [0.2, 0.25) is 0 Å². The smallest absolute Gasteiger partial charge is 0.358 e. The second-order valence-electron chi connectivity index (χ2n) is 4.57. The lowest BCUT2D eigenvalue weighted by Gasteiger charge is -2.13. The Kier molecular flexibility index (Phi) is 4.14. The number of hydrogen-bond donors (Lipinski definition) is 1. The zero-order chi connectivity index (χ0) is 14.7. The van der Waals surface area contributed by atoms with E-state index in [1.54, 1.807) is 35.9 Å². The quantitative estimate of drug-likeness (QED) is 0.846. The molecule has 2 rings (SSSR count). The number of aryl methyl sites for hydroxylation is 1. The van der Waals surface area contributed by atoms with Crippen LogP contribution in [0.4, 0.5) is 0 Å². The number of aromatic carboxylic acids is 1. The Morgan fingerprint density at radius 3 is 2.85 bits per heavy atom. The van der Waals surface area contributed by atoms with Gasteiger partial charge in [0.1, 0.15) is 5.69 Å². The van der Waals surface area contributed by atoms with Crippen LogP contribution in [0.25, 0.3) is 11.3 Å².